The molecule has 0 saturated carbocycles. The van der Waals surface area contributed by atoms with Gasteiger partial charge in [-0.05, 0) is 0 Å². The smallest absolute Gasteiger partial charge is 0.404 e. The first kappa shape index (κ1) is 12.0. The minimum absolute atomic E-state index is 0.244. The van der Waals surface area contributed by atoms with Crippen LogP contribution in [0, 0.1) is 0 Å². The van der Waals surface area contributed by atoms with Crippen molar-refractivity contribution in [1.82, 2.24) is 5.32 Å². The maximum absolute atomic E-state index is 10.0. The number of carbonyl (C=O) groups is 1. The van der Waals surface area contributed by atoms with Crippen LogP contribution in [-0.4, -0.2) is 28.2 Å². The summed E-state index contributed by atoms with van der Waals surface area (Å²) >= 11 is 0. The van der Waals surface area contributed by atoms with Gasteiger partial charge < -0.3 is 10.4 Å². The molecule has 0 atom stereocenters. The minimum Gasteiger partial charge on any atom is -0.465 e. The number of hydrogen-bond donors (Lipinski definition) is 2. The second-order valence-corrected chi connectivity index (χ2v) is 6.49. The van der Waals surface area contributed by atoms with Gasteiger partial charge in [0, 0.05) is 17.0 Å². The lowest BCUT2D eigenvalue weighted by molar-refractivity contribution is 0.195. The maximum Gasteiger partial charge on any atom is 0.404 e. The second-order valence-electron chi connectivity index (χ2n) is 3.25. The maximum atomic E-state index is 10.0. The zero-order valence-corrected chi connectivity index (χ0v) is 9.22. The fraction of sp³-hybridized carbons (Fsp3) is 0.857. The van der Waals surface area contributed by atoms with Gasteiger partial charge in [0.05, 0.1) is 0 Å². The summed E-state index contributed by atoms with van der Waals surface area (Å²) in [6, 6.07) is 0. The quantitative estimate of drug-likeness (QED) is 0.551. The first-order valence-electron chi connectivity index (χ1n) is 3.69. The van der Waals surface area contributed by atoms with Gasteiger partial charge >= 0.3 is 6.09 Å². The van der Waals surface area contributed by atoms with Crippen LogP contribution < -0.4 is 5.32 Å². The Balaban J connectivity index is 3.17. The van der Waals surface area contributed by atoms with Crippen molar-refractivity contribution < 1.29 is 9.90 Å². The van der Waals surface area contributed by atoms with Crippen LogP contribution >= 0.6 is 21.6 Å². The molecule has 0 bridgehead atoms. The summed E-state index contributed by atoms with van der Waals surface area (Å²) in [6.07, 6.45) is -0.948. The third-order valence-electron chi connectivity index (χ3n) is 0.771. The van der Waals surface area contributed by atoms with Gasteiger partial charge in [0.2, 0.25) is 0 Å². The van der Waals surface area contributed by atoms with E-state index >= 15 is 0 Å². The molecule has 0 saturated heterocycles. The summed E-state index contributed by atoms with van der Waals surface area (Å²) in [6.45, 7) is 6.92. The number of nitrogens with one attached hydrogen (secondary N) is 1. The van der Waals surface area contributed by atoms with Crippen LogP contribution in [0.2, 0.25) is 0 Å². The van der Waals surface area contributed by atoms with Gasteiger partial charge in [-0.25, -0.2) is 4.79 Å². The molecule has 0 rings (SSSR count). The summed E-state index contributed by atoms with van der Waals surface area (Å²) in [4.78, 5) is 10.0. The topological polar surface area (TPSA) is 49.3 Å². The summed E-state index contributed by atoms with van der Waals surface area (Å²) in [5.74, 6) is 0.814. The molecule has 0 aromatic carbocycles. The van der Waals surface area contributed by atoms with Crippen molar-refractivity contribution in [3.05, 3.63) is 0 Å². The molecular weight excluding hydrogens is 194 g/mol. The highest BCUT2D eigenvalue weighted by atomic mass is 33.1. The lowest BCUT2D eigenvalue weighted by Crippen LogP contribution is -2.23. The molecule has 0 aliphatic carbocycles. The third kappa shape index (κ3) is 9.97. The van der Waals surface area contributed by atoms with Crippen molar-refractivity contribution in [1.29, 1.82) is 0 Å². The molecule has 3 nitrogen and oxygen atoms in total. The number of hydrogen-bond acceptors (Lipinski definition) is 3. The summed E-state index contributed by atoms with van der Waals surface area (Å²) < 4.78 is 0.244. The molecule has 72 valence electrons. The molecule has 5 heteroatoms. The minimum atomic E-state index is -0.948. The first-order chi connectivity index (χ1) is 5.42. The zero-order valence-electron chi connectivity index (χ0n) is 7.59. The Kier molecular flexibility index (Phi) is 5.57. The van der Waals surface area contributed by atoms with Crippen LogP contribution in [0.25, 0.3) is 0 Å². The lowest BCUT2D eigenvalue weighted by atomic mass is 10.3. The van der Waals surface area contributed by atoms with E-state index in [0.717, 1.165) is 5.75 Å². The van der Waals surface area contributed by atoms with Gasteiger partial charge in [-0.2, -0.15) is 0 Å². The second kappa shape index (κ2) is 5.59. The van der Waals surface area contributed by atoms with Gasteiger partial charge in [0.1, 0.15) is 0 Å². The fourth-order valence-electron chi connectivity index (χ4n) is 0.418. The normalized spacial score (nSPS) is 11.2. The molecule has 12 heavy (non-hydrogen) atoms. The Morgan fingerprint density at radius 1 is 1.50 bits per heavy atom. The predicted octanol–water partition coefficient (Wildman–Crippen LogP) is 2.43. The van der Waals surface area contributed by atoms with E-state index in [4.69, 9.17) is 5.11 Å². The Bertz CT molecular complexity index is 145. The van der Waals surface area contributed by atoms with Crippen LogP contribution in [-0.2, 0) is 0 Å². The monoisotopic (exact) mass is 209 g/mol. The Morgan fingerprint density at radius 2 is 2.08 bits per heavy atom. The van der Waals surface area contributed by atoms with E-state index in [2.05, 4.69) is 26.1 Å². The molecule has 0 heterocycles. The predicted molar refractivity (Wildman–Crippen MR) is 55.8 cm³/mol. The van der Waals surface area contributed by atoms with Crippen LogP contribution in [0.5, 0.6) is 0 Å². The molecule has 0 fully saturated rings. The largest absolute Gasteiger partial charge is 0.465 e. The van der Waals surface area contributed by atoms with Gasteiger partial charge in [-0.3, -0.25) is 0 Å². The van der Waals surface area contributed by atoms with E-state index in [1.54, 1.807) is 21.6 Å². The number of carboxylic acid groups (broad SMARTS) is 1. The Morgan fingerprint density at radius 3 is 2.50 bits per heavy atom. The molecule has 0 unspecified atom stereocenters. The molecule has 0 aliphatic rings. The van der Waals surface area contributed by atoms with E-state index in [0.29, 0.717) is 6.54 Å². The van der Waals surface area contributed by atoms with E-state index in [-0.39, 0.29) is 4.75 Å². The number of rotatable bonds is 4. The van der Waals surface area contributed by atoms with E-state index < -0.39 is 6.09 Å². The third-order valence-corrected chi connectivity index (χ3v) is 4.11. The van der Waals surface area contributed by atoms with Crippen molar-refractivity contribution in [3.8, 4) is 0 Å². The molecule has 0 spiro atoms. The van der Waals surface area contributed by atoms with Crippen LogP contribution in [0.1, 0.15) is 20.8 Å². The molecular formula is C7H15NO2S2. The standard InChI is InChI=1S/C7H15NO2S2/c1-7(2,3)12-11-5-4-8-6(9)10/h8H,4-5H2,1-3H3,(H,9,10). The Hall–Kier alpha value is -0.0300. The summed E-state index contributed by atoms with van der Waals surface area (Å²) in [7, 11) is 3.46. The summed E-state index contributed by atoms with van der Waals surface area (Å²) in [5.41, 5.74) is 0. The van der Waals surface area contributed by atoms with Crippen LogP contribution in [0.4, 0.5) is 4.79 Å². The van der Waals surface area contributed by atoms with Crippen molar-refractivity contribution in [3.63, 3.8) is 0 Å². The van der Waals surface area contributed by atoms with Crippen molar-refractivity contribution in [2.24, 2.45) is 0 Å². The average molecular weight is 209 g/mol. The van der Waals surface area contributed by atoms with Crippen LogP contribution in [0.15, 0.2) is 0 Å². The van der Waals surface area contributed by atoms with E-state index in [9.17, 15) is 4.79 Å². The average Bonchev–Trinajstić information content (AvgIpc) is 1.83. The Labute approximate surface area is 81.1 Å². The fourth-order valence-corrected chi connectivity index (χ4v) is 2.60. The molecule has 0 aromatic rings. The highest BCUT2D eigenvalue weighted by molar-refractivity contribution is 8.77. The highest BCUT2D eigenvalue weighted by Crippen LogP contribution is 2.34. The first-order valence-corrected chi connectivity index (χ1v) is 6.01. The van der Waals surface area contributed by atoms with Gasteiger partial charge in [-0.15, -0.1) is 0 Å². The zero-order chi connectivity index (χ0) is 9.61. The van der Waals surface area contributed by atoms with Crippen molar-refractivity contribution in [2.75, 3.05) is 12.3 Å². The highest BCUT2D eigenvalue weighted by Gasteiger charge is 2.10. The molecule has 1 amide bonds. The van der Waals surface area contributed by atoms with Crippen LogP contribution in [0.3, 0.4) is 0 Å². The van der Waals surface area contributed by atoms with Crippen molar-refractivity contribution >= 4 is 27.7 Å². The van der Waals surface area contributed by atoms with Gasteiger partial charge in [-0.1, -0.05) is 42.4 Å². The van der Waals surface area contributed by atoms with Gasteiger partial charge in [0.15, 0.2) is 0 Å². The van der Waals surface area contributed by atoms with Crippen molar-refractivity contribution in [2.45, 2.75) is 25.5 Å². The molecule has 0 aliphatic heterocycles. The van der Waals surface area contributed by atoms with E-state index in [1.165, 1.54) is 0 Å². The van der Waals surface area contributed by atoms with Gasteiger partial charge in [0.25, 0.3) is 0 Å². The van der Waals surface area contributed by atoms with E-state index in [1.807, 2.05) is 0 Å². The lowest BCUT2D eigenvalue weighted by Gasteiger charge is -2.15. The molecule has 0 radical (unpaired) electrons. The summed E-state index contributed by atoms with van der Waals surface area (Å²) in [5, 5.41) is 10.6. The molecule has 0 aromatic heterocycles. The molecule has 2 N–H and O–H groups in total. The number of amides is 1. The SMILES string of the molecule is CC(C)(C)SSCCNC(=O)O.